The topological polar surface area (TPSA) is 90.7 Å². The molecule has 7 heteroatoms. The van der Waals surface area contributed by atoms with E-state index in [0.29, 0.717) is 31.7 Å². The zero-order valence-electron chi connectivity index (χ0n) is 16.7. The number of nitro benzene ring substituents is 1. The van der Waals surface area contributed by atoms with Crippen LogP contribution in [0.2, 0.25) is 0 Å². The minimum Gasteiger partial charge on any atom is -0.491 e. The highest BCUT2D eigenvalue weighted by atomic mass is 16.6. The molecule has 0 bridgehead atoms. The summed E-state index contributed by atoms with van der Waals surface area (Å²) in [7, 11) is 0. The number of non-ortho nitro benzene ring substituents is 1. The van der Waals surface area contributed by atoms with Crippen molar-refractivity contribution in [2.75, 3.05) is 18.5 Å². The Bertz CT molecular complexity index is 843. The van der Waals surface area contributed by atoms with Gasteiger partial charge in [-0.25, -0.2) is 0 Å². The van der Waals surface area contributed by atoms with Crippen LogP contribution in [0.4, 0.5) is 11.4 Å². The number of carbonyl (C=O) groups is 1. The molecule has 1 atom stereocenters. The van der Waals surface area contributed by atoms with E-state index in [9.17, 15) is 14.9 Å². The van der Waals surface area contributed by atoms with Crippen molar-refractivity contribution in [2.45, 2.75) is 44.6 Å². The third-order valence-electron chi connectivity index (χ3n) is 5.44. The molecule has 29 heavy (non-hydrogen) atoms. The molecule has 0 unspecified atom stereocenters. The predicted molar refractivity (Wildman–Crippen MR) is 110 cm³/mol. The number of hydrogen-bond donors (Lipinski definition) is 1. The number of carbonyl (C=O) groups excluding carboxylic acids is 1. The van der Waals surface area contributed by atoms with Crippen molar-refractivity contribution in [3.05, 3.63) is 64.2 Å². The van der Waals surface area contributed by atoms with Gasteiger partial charge in [-0.3, -0.25) is 14.9 Å². The summed E-state index contributed by atoms with van der Waals surface area (Å²) in [5.74, 6) is 0.624. The van der Waals surface area contributed by atoms with E-state index in [1.165, 1.54) is 12.1 Å². The van der Waals surface area contributed by atoms with Gasteiger partial charge in [-0.15, -0.1) is 0 Å². The van der Waals surface area contributed by atoms with Crippen LogP contribution in [0.1, 0.15) is 38.7 Å². The summed E-state index contributed by atoms with van der Waals surface area (Å²) in [6.45, 7) is 5.00. The Morgan fingerprint density at radius 3 is 2.34 bits per heavy atom. The van der Waals surface area contributed by atoms with E-state index in [1.54, 1.807) is 12.1 Å². The van der Waals surface area contributed by atoms with E-state index < -0.39 is 10.3 Å². The summed E-state index contributed by atoms with van der Waals surface area (Å²) in [4.78, 5) is 23.8. The van der Waals surface area contributed by atoms with Crippen LogP contribution >= 0.6 is 0 Å². The van der Waals surface area contributed by atoms with Crippen molar-refractivity contribution >= 4 is 17.3 Å². The van der Waals surface area contributed by atoms with E-state index in [-0.39, 0.29) is 17.7 Å². The number of nitrogens with zero attached hydrogens (tertiary/aromatic N) is 1. The first-order chi connectivity index (χ1) is 13.9. The Labute approximate surface area is 170 Å². The summed E-state index contributed by atoms with van der Waals surface area (Å²) in [5.41, 5.74) is 0.674. The predicted octanol–water partition coefficient (Wildman–Crippen LogP) is 4.46. The maximum Gasteiger partial charge on any atom is 0.269 e. The second-order valence-corrected chi connectivity index (χ2v) is 7.31. The molecule has 1 N–H and O–H groups in total. The number of nitro groups is 1. The minimum absolute atomic E-state index is 0.00765. The van der Waals surface area contributed by atoms with Gasteiger partial charge >= 0.3 is 0 Å². The molecule has 2 aromatic carbocycles. The monoisotopic (exact) mass is 398 g/mol. The number of amides is 1. The number of rotatable bonds is 7. The lowest BCUT2D eigenvalue weighted by Gasteiger charge is -2.36. The maximum atomic E-state index is 13.3. The lowest BCUT2D eigenvalue weighted by molar-refractivity contribution is -0.384. The number of ether oxygens (including phenoxy) is 2. The van der Waals surface area contributed by atoms with Crippen molar-refractivity contribution in [3.63, 3.8) is 0 Å². The van der Waals surface area contributed by atoms with E-state index in [0.717, 1.165) is 17.7 Å². The van der Waals surface area contributed by atoms with Crippen molar-refractivity contribution in [1.29, 1.82) is 0 Å². The van der Waals surface area contributed by atoms with Crippen molar-refractivity contribution in [2.24, 2.45) is 0 Å². The third-order valence-corrected chi connectivity index (χ3v) is 5.44. The van der Waals surface area contributed by atoms with Gasteiger partial charge in [-0.2, -0.15) is 0 Å². The molecule has 1 saturated heterocycles. The molecule has 1 amide bonds. The van der Waals surface area contributed by atoms with Gasteiger partial charge in [0.25, 0.3) is 5.69 Å². The first kappa shape index (κ1) is 20.8. The molecular weight excluding hydrogens is 372 g/mol. The van der Waals surface area contributed by atoms with Crippen molar-refractivity contribution in [1.82, 2.24) is 0 Å². The maximum absolute atomic E-state index is 13.3. The number of anilines is 1. The molecule has 0 aliphatic carbocycles. The molecule has 1 aliphatic rings. The largest absolute Gasteiger partial charge is 0.491 e. The number of hydrogen-bond acceptors (Lipinski definition) is 5. The second kappa shape index (κ2) is 9.05. The highest BCUT2D eigenvalue weighted by molar-refractivity contribution is 5.99. The van der Waals surface area contributed by atoms with Crippen LogP contribution in [0.3, 0.4) is 0 Å². The van der Waals surface area contributed by atoms with E-state index >= 15 is 0 Å². The van der Waals surface area contributed by atoms with E-state index in [2.05, 4.69) is 12.2 Å². The van der Waals surface area contributed by atoms with Crippen LogP contribution in [0.5, 0.6) is 5.75 Å². The summed E-state index contributed by atoms with van der Waals surface area (Å²) in [5, 5.41) is 14.0. The van der Waals surface area contributed by atoms with Gasteiger partial charge in [0.1, 0.15) is 5.75 Å². The van der Waals surface area contributed by atoms with Gasteiger partial charge in [0.15, 0.2) is 0 Å². The lowest BCUT2D eigenvalue weighted by atomic mass is 9.73. The zero-order chi connectivity index (χ0) is 20.9. The molecule has 1 aliphatic heterocycles. The highest BCUT2D eigenvalue weighted by Crippen LogP contribution is 2.37. The van der Waals surface area contributed by atoms with Crippen LogP contribution in [-0.4, -0.2) is 30.1 Å². The molecule has 0 aromatic heterocycles. The van der Waals surface area contributed by atoms with Gasteiger partial charge in [0.2, 0.25) is 5.91 Å². The van der Waals surface area contributed by atoms with Crippen LogP contribution in [0, 0.1) is 10.1 Å². The molecule has 2 aromatic rings. The Morgan fingerprint density at radius 1 is 1.17 bits per heavy atom. The normalized spacial score (nSPS) is 16.6. The van der Waals surface area contributed by atoms with Gasteiger partial charge in [-0.1, -0.05) is 19.1 Å². The van der Waals surface area contributed by atoms with Gasteiger partial charge < -0.3 is 14.8 Å². The van der Waals surface area contributed by atoms with Crippen molar-refractivity contribution < 1.29 is 19.2 Å². The highest BCUT2D eigenvalue weighted by Gasteiger charge is 2.42. The fourth-order valence-electron chi connectivity index (χ4n) is 3.45. The smallest absolute Gasteiger partial charge is 0.269 e. The molecule has 0 spiro atoms. The fraction of sp³-hybridized carbons (Fsp3) is 0.409. The lowest BCUT2D eigenvalue weighted by Crippen LogP contribution is -2.44. The fourth-order valence-corrected chi connectivity index (χ4v) is 3.45. The zero-order valence-corrected chi connectivity index (χ0v) is 16.7. The summed E-state index contributed by atoms with van der Waals surface area (Å²) >= 11 is 0. The molecule has 0 radical (unpaired) electrons. The van der Waals surface area contributed by atoms with Crippen LogP contribution < -0.4 is 10.1 Å². The van der Waals surface area contributed by atoms with Crippen LogP contribution in [0.15, 0.2) is 48.5 Å². The molecule has 0 saturated carbocycles. The number of nitrogens with one attached hydrogen (secondary N) is 1. The van der Waals surface area contributed by atoms with Crippen molar-refractivity contribution in [3.8, 4) is 5.75 Å². The first-order valence-corrected chi connectivity index (χ1v) is 9.85. The van der Waals surface area contributed by atoms with Crippen LogP contribution in [0.25, 0.3) is 0 Å². The molecule has 1 fully saturated rings. The number of benzene rings is 2. The summed E-state index contributed by atoms with van der Waals surface area (Å²) in [6.07, 6.45) is 2.08. The van der Waals surface area contributed by atoms with Gasteiger partial charge in [-0.05, 0) is 56.0 Å². The van der Waals surface area contributed by atoms with E-state index in [4.69, 9.17) is 9.47 Å². The Morgan fingerprint density at radius 2 is 1.79 bits per heavy atom. The Hall–Kier alpha value is -2.93. The molecule has 154 valence electrons. The van der Waals surface area contributed by atoms with E-state index in [1.807, 2.05) is 31.2 Å². The molecule has 3 rings (SSSR count). The Kier molecular flexibility index (Phi) is 6.49. The summed E-state index contributed by atoms with van der Waals surface area (Å²) < 4.78 is 11.2. The standard InChI is InChI=1S/C22H26N2O5/c1-3-16(2)29-20-10-6-18(7-11-20)23-21(25)22(12-14-28-15-13-22)17-4-8-19(9-5-17)24(26)27/h4-11,16H,3,12-15H2,1-2H3,(H,23,25)/t16-/m1/s1. The molecule has 7 nitrogen and oxygen atoms in total. The summed E-state index contributed by atoms with van der Waals surface area (Å²) in [6, 6.07) is 13.5. The van der Waals surface area contributed by atoms with Gasteiger partial charge in [0, 0.05) is 31.0 Å². The third kappa shape index (κ3) is 4.74. The molecular formula is C22H26N2O5. The average Bonchev–Trinajstić information content (AvgIpc) is 2.75. The quantitative estimate of drug-likeness (QED) is 0.549. The minimum atomic E-state index is -0.778. The van der Waals surface area contributed by atoms with Crippen LogP contribution in [-0.2, 0) is 14.9 Å². The molecule has 1 heterocycles. The SMILES string of the molecule is CC[C@@H](C)Oc1ccc(NC(=O)C2(c3ccc([N+](=O)[O-])cc3)CCOCC2)cc1. The average molecular weight is 398 g/mol. The van der Waals surface area contributed by atoms with Gasteiger partial charge in [0.05, 0.1) is 16.4 Å². The Balaban J connectivity index is 1.80. The second-order valence-electron chi connectivity index (χ2n) is 7.31. The first-order valence-electron chi connectivity index (χ1n) is 9.85.